The van der Waals surface area contributed by atoms with Gasteiger partial charge in [0, 0.05) is 12.1 Å². The SMILES string of the molecule is Cc1cc(C)cc(Oc2ccc(NC(=O)CCC(=O)OCC(=O)N[C@H](C)c3ccccc3)cc2)c1. The molecule has 0 aromatic heterocycles. The zero-order chi connectivity index (χ0) is 25.2. The van der Waals surface area contributed by atoms with E-state index in [9.17, 15) is 14.4 Å². The third-order valence-electron chi connectivity index (χ3n) is 5.17. The molecular weight excluding hydrogens is 444 g/mol. The number of esters is 1. The van der Waals surface area contributed by atoms with E-state index in [0.717, 1.165) is 22.4 Å². The Morgan fingerprint density at radius 2 is 1.46 bits per heavy atom. The third kappa shape index (κ3) is 8.62. The van der Waals surface area contributed by atoms with Gasteiger partial charge in [-0.25, -0.2) is 0 Å². The Morgan fingerprint density at radius 1 is 0.800 bits per heavy atom. The fourth-order valence-corrected chi connectivity index (χ4v) is 3.50. The van der Waals surface area contributed by atoms with Crippen molar-refractivity contribution in [3.63, 3.8) is 0 Å². The minimum Gasteiger partial charge on any atom is -0.457 e. The molecule has 35 heavy (non-hydrogen) atoms. The van der Waals surface area contributed by atoms with E-state index < -0.39 is 11.9 Å². The standard InChI is InChI=1S/C28H30N2O5/c1-19-15-20(2)17-25(16-19)35-24-11-9-23(10-12-24)30-26(31)13-14-28(33)34-18-27(32)29-21(3)22-7-5-4-6-8-22/h4-12,15-17,21H,13-14,18H2,1-3H3,(H,29,32)(H,30,31)/t21-/m1/s1. The van der Waals surface area contributed by atoms with Crippen molar-refractivity contribution in [3.05, 3.63) is 89.5 Å². The van der Waals surface area contributed by atoms with E-state index in [-0.39, 0.29) is 31.4 Å². The Hall–Kier alpha value is -4.13. The smallest absolute Gasteiger partial charge is 0.306 e. The van der Waals surface area contributed by atoms with Crippen LogP contribution < -0.4 is 15.4 Å². The van der Waals surface area contributed by atoms with Crippen molar-refractivity contribution >= 4 is 23.5 Å². The van der Waals surface area contributed by atoms with E-state index in [1.807, 2.05) is 63.2 Å². The van der Waals surface area contributed by atoms with E-state index in [4.69, 9.17) is 9.47 Å². The molecule has 0 aliphatic heterocycles. The van der Waals surface area contributed by atoms with Gasteiger partial charge >= 0.3 is 5.97 Å². The molecular formula is C28H30N2O5. The van der Waals surface area contributed by atoms with Crippen LogP contribution in [0.15, 0.2) is 72.8 Å². The number of anilines is 1. The lowest BCUT2D eigenvalue weighted by Gasteiger charge is -2.14. The van der Waals surface area contributed by atoms with E-state index in [1.165, 1.54) is 0 Å². The highest BCUT2D eigenvalue weighted by atomic mass is 16.5. The summed E-state index contributed by atoms with van der Waals surface area (Å²) >= 11 is 0. The van der Waals surface area contributed by atoms with Crippen molar-refractivity contribution in [2.24, 2.45) is 0 Å². The number of hydrogen-bond acceptors (Lipinski definition) is 5. The minimum absolute atomic E-state index is 0.0539. The summed E-state index contributed by atoms with van der Waals surface area (Å²) in [7, 11) is 0. The fourth-order valence-electron chi connectivity index (χ4n) is 3.50. The van der Waals surface area contributed by atoms with Crippen LogP contribution in [0.5, 0.6) is 11.5 Å². The van der Waals surface area contributed by atoms with Gasteiger partial charge in [0.1, 0.15) is 11.5 Å². The molecule has 0 fully saturated rings. The number of carbonyl (C=O) groups is 3. The van der Waals surface area contributed by atoms with E-state index in [1.54, 1.807) is 24.3 Å². The minimum atomic E-state index is -0.611. The van der Waals surface area contributed by atoms with Crippen molar-refractivity contribution in [1.29, 1.82) is 0 Å². The Balaban J connectivity index is 1.37. The normalized spacial score (nSPS) is 11.3. The number of aryl methyl sites for hydroxylation is 2. The summed E-state index contributed by atoms with van der Waals surface area (Å²) in [5, 5.41) is 5.50. The maximum absolute atomic E-state index is 12.2. The summed E-state index contributed by atoms with van der Waals surface area (Å²) in [6.07, 6.45) is -0.178. The molecule has 0 aliphatic rings. The number of amides is 2. The van der Waals surface area contributed by atoms with Crippen LogP contribution in [-0.2, 0) is 19.1 Å². The lowest BCUT2D eigenvalue weighted by Crippen LogP contribution is -2.31. The van der Waals surface area contributed by atoms with Gasteiger partial charge in [-0.15, -0.1) is 0 Å². The van der Waals surface area contributed by atoms with E-state index in [2.05, 4.69) is 16.7 Å². The molecule has 2 amide bonds. The highest BCUT2D eigenvalue weighted by Crippen LogP contribution is 2.25. The van der Waals surface area contributed by atoms with Gasteiger partial charge in [-0.05, 0) is 73.9 Å². The molecule has 0 radical (unpaired) electrons. The van der Waals surface area contributed by atoms with Crippen LogP contribution >= 0.6 is 0 Å². The molecule has 0 saturated heterocycles. The molecule has 0 unspecified atom stereocenters. The van der Waals surface area contributed by atoms with Crippen molar-refractivity contribution in [1.82, 2.24) is 5.32 Å². The van der Waals surface area contributed by atoms with Crippen molar-refractivity contribution in [2.45, 2.75) is 39.7 Å². The Morgan fingerprint density at radius 3 is 2.11 bits per heavy atom. The fraction of sp³-hybridized carbons (Fsp3) is 0.250. The van der Waals surface area contributed by atoms with E-state index in [0.29, 0.717) is 11.4 Å². The van der Waals surface area contributed by atoms with Gasteiger partial charge in [-0.1, -0.05) is 36.4 Å². The zero-order valence-corrected chi connectivity index (χ0v) is 20.2. The molecule has 7 heteroatoms. The average molecular weight is 475 g/mol. The molecule has 3 aromatic carbocycles. The highest BCUT2D eigenvalue weighted by Gasteiger charge is 2.13. The van der Waals surface area contributed by atoms with Crippen LogP contribution in [0, 0.1) is 13.8 Å². The summed E-state index contributed by atoms with van der Waals surface area (Å²) in [6.45, 7) is 5.48. The zero-order valence-electron chi connectivity index (χ0n) is 20.2. The summed E-state index contributed by atoms with van der Waals surface area (Å²) in [5.74, 6) is 0.0617. The van der Waals surface area contributed by atoms with Crippen LogP contribution in [0.1, 0.15) is 42.5 Å². The van der Waals surface area contributed by atoms with Crippen LogP contribution in [0.25, 0.3) is 0 Å². The molecule has 3 aromatic rings. The van der Waals surface area contributed by atoms with Gasteiger partial charge in [0.2, 0.25) is 5.91 Å². The van der Waals surface area contributed by atoms with Gasteiger partial charge in [0.15, 0.2) is 6.61 Å². The first kappa shape index (κ1) is 25.5. The van der Waals surface area contributed by atoms with Crippen LogP contribution in [0.2, 0.25) is 0 Å². The maximum atomic E-state index is 12.2. The first-order chi connectivity index (χ1) is 16.8. The Bertz CT molecular complexity index is 1140. The first-order valence-corrected chi connectivity index (χ1v) is 11.4. The number of rotatable bonds is 10. The summed E-state index contributed by atoms with van der Waals surface area (Å²) < 4.78 is 10.9. The van der Waals surface area contributed by atoms with E-state index >= 15 is 0 Å². The van der Waals surface area contributed by atoms with Gasteiger partial charge in [0.25, 0.3) is 5.91 Å². The second-order valence-electron chi connectivity index (χ2n) is 8.36. The lowest BCUT2D eigenvalue weighted by molar-refractivity contribution is -0.149. The number of hydrogen-bond donors (Lipinski definition) is 2. The predicted octanol–water partition coefficient (Wildman–Crippen LogP) is 5.24. The highest BCUT2D eigenvalue weighted by molar-refractivity contribution is 5.92. The number of carbonyl (C=O) groups excluding carboxylic acids is 3. The van der Waals surface area contributed by atoms with Gasteiger partial charge < -0.3 is 20.1 Å². The lowest BCUT2D eigenvalue weighted by atomic mass is 10.1. The molecule has 0 bridgehead atoms. The Kier molecular flexibility index (Phi) is 9.01. The van der Waals surface area contributed by atoms with Crippen LogP contribution in [-0.4, -0.2) is 24.4 Å². The third-order valence-corrected chi connectivity index (χ3v) is 5.17. The van der Waals surface area contributed by atoms with Gasteiger partial charge in [0.05, 0.1) is 12.5 Å². The predicted molar refractivity (Wildman–Crippen MR) is 134 cm³/mol. The van der Waals surface area contributed by atoms with Crippen molar-refractivity contribution in [3.8, 4) is 11.5 Å². The quantitative estimate of drug-likeness (QED) is 0.392. The summed E-state index contributed by atoms with van der Waals surface area (Å²) in [4.78, 5) is 36.1. The number of nitrogens with one attached hydrogen (secondary N) is 2. The molecule has 7 nitrogen and oxygen atoms in total. The summed E-state index contributed by atoms with van der Waals surface area (Å²) in [6, 6.07) is 22.2. The molecule has 2 N–H and O–H groups in total. The van der Waals surface area contributed by atoms with Crippen molar-refractivity contribution < 1.29 is 23.9 Å². The molecule has 0 saturated carbocycles. The molecule has 182 valence electrons. The number of benzene rings is 3. The monoisotopic (exact) mass is 474 g/mol. The average Bonchev–Trinajstić information content (AvgIpc) is 2.82. The maximum Gasteiger partial charge on any atom is 0.306 e. The van der Waals surface area contributed by atoms with Gasteiger partial charge in [-0.3, -0.25) is 14.4 Å². The largest absolute Gasteiger partial charge is 0.457 e. The molecule has 1 atom stereocenters. The van der Waals surface area contributed by atoms with Gasteiger partial charge in [-0.2, -0.15) is 0 Å². The first-order valence-electron chi connectivity index (χ1n) is 11.4. The second kappa shape index (κ2) is 12.4. The molecule has 0 aliphatic carbocycles. The topological polar surface area (TPSA) is 93.7 Å². The summed E-state index contributed by atoms with van der Waals surface area (Å²) in [5.41, 5.74) is 3.77. The number of ether oxygens (including phenoxy) is 2. The molecule has 0 heterocycles. The van der Waals surface area contributed by atoms with Crippen molar-refractivity contribution in [2.75, 3.05) is 11.9 Å². The molecule has 3 rings (SSSR count). The molecule has 0 spiro atoms. The van der Waals surface area contributed by atoms with Crippen LogP contribution in [0.3, 0.4) is 0 Å². The second-order valence-corrected chi connectivity index (χ2v) is 8.36. The Labute approximate surface area is 205 Å². The van der Waals surface area contributed by atoms with Crippen LogP contribution in [0.4, 0.5) is 5.69 Å².